The molecule has 0 aliphatic carbocycles. The number of aromatic nitrogens is 2. The molecule has 2 N–H and O–H groups in total. The molecule has 4 rings (SSSR count). The normalized spacial score (nSPS) is 12.5. The van der Waals surface area contributed by atoms with E-state index < -0.39 is 6.10 Å². The maximum atomic E-state index is 12.3. The van der Waals surface area contributed by atoms with Gasteiger partial charge in [-0.1, -0.05) is 18.2 Å². The molecule has 1 amide bonds. The lowest BCUT2D eigenvalue weighted by Gasteiger charge is -2.11. The van der Waals surface area contributed by atoms with Crippen LogP contribution in [0.3, 0.4) is 0 Å². The highest BCUT2D eigenvalue weighted by Crippen LogP contribution is 2.29. The molecule has 0 unspecified atom stereocenters. The van der Waals surface area contributed by atoms with E-state index in [-0.39, 0.29) is 12.5 Å². The van der Waals surface area contributed by atoms with Crippen molar-refractivity contribution in [2.75, 3.05) is 6.54 Å². The smallest absolute Gasteiger partial charge is 0.251 e. The van der Waals surface area contributed by atoms with Crippen LogP contribution in [0.1, 0.15) is 22.0 Å². The van der Waals surface area contributed by atoms with E-state index in [0.29, 0.717) is 11.1 Å². The number of carbonyl (C=O) groups is 1. The Kier molecular flexibility index (Phi) is 3.97. The molecule has 0 aliphatic rings. The number of hydrogen-bond donors (Lipinski definition) is 2. The molecule has 1 atom stereocenters. The van der Waals surface area contributed by atoms with Crippen molar-refractivity contribution < 1.29 is 9.90 Å². The lowest BCUT2D eigenvalue weighted by molar-refractivity contribution is 0.0917. The maximum absolute atomic E-state index is 12.3. The summed E-state index contributed by atoms with van der Waals surface area (Å²) in [6.07, 6.45) is -0.741. The Bertz CT molecular complexity index is 1020. The number of hydrogen-bond acceptors (Lipinski definition) is 6. The van der Waals surface area contributed by atoms with Gasteiger partial charge in [-0.2, -0.15) is 8.75 Å². The highest BCUT2D eigenvalue weighted by molar-refractivity contribution is 7.17. The summed E-state index contributed by atoms with van der Waals surface area (Å²) < 4.78 is 9.37. The zero-order chi connectivity index (χ0) is 16.5. The van der Waals surface area contributed by atoms with Gasteiger partial charge in [0.2, 0.25) is 0 Å². The highest BCUT2D eigenvalue weighted by atomic mass is 32.1. The van der Waals surface area contributed by atoms with E-state index >= 15 is 0 Å². The monoisotopic (exact) mass is 355 g/mol. The van der Waals surface area contributed by atoms with Crippen molar-refractivity contribution in [1.29, 1.82) is 0 Å². The molecule has 2 aromatic carbocycles. The number of amides is 1. The molecule has 0 aliphatic heterocycles. The van der Waals surface area contributed by atoms with Gasteiger partial charge in [0.15, 0.2) is 0 Å². The quantitative estimate of drug-likeness (QED) is 0.588. The third-order valence-corrected chi connectivity index (χ3v) is 5.38. The van der Waals surface area contributed by atoms with Gasteiger partial charge in [-0.05, 0) is 35.0 Å². The summed E-state index contributed by atoms with van der Waals surface area (Å²) in [5.74, 6) is -0.233. The first kappa shape index (κ1) is 15.2. The van der Waals surface area contributed by atoms with Crippen molar-refractivity contribution in [3.8, 4) is 0 Å². The summed E-state index contributed by atoms with van der Waals surface area (Å²) in [4.78, 5) is 12.3. The number of rotatable bonds is 4. The summed E-state index contributed by atoms with van der Waals surface area (Å²) >= 11 is 2.71. The van der Waals surface area contributed by atoms with Crippen molar-refractivity contribution in [2.24, 2.45) is 0 Å². The van der Waals surface area contributed by atoms with Crippen LogP contribution in [-0.2, 0) is 0 Å². The van der Waals surface area contributed by atoms with Gasteiger partial charge in [0, 0.05) is 22.4 Å². The van der Waals surface area contributed by atoms with Gasteiger partial charge in [0.1, 0.15) is 11.0 Å². The average Bonchev–Trinajstić information content (AvgIpc) is 3.25. The van der Waals surface area contributed by atoms with E-state index in [2.05, 4.69) is 14.1 Å². The van der Waals surface area contributed by atoms with Gasteiger partial charge >= 0.3 is 0 Å². The third kappa shape index (κ3) is 2.77. The van der Waals surface area contributed by atoms with Crippen LogP contribution in [0.25, 0.3) is 21.1 Å². The van der Waals surface area contributed by atoms with Crippen molar-refractivity contribution in [1.82, 2.24) is 14.1 Å². The van der Waals surface area contributed by atoms with E-state index in [9.17, 15) is 9.90 Å². The largest absolute Gasteiger partial charge is 0.387 e. The second-order valence-corrected chi connectivity index (χ2v) is 6.82. The number of aliphatic hydroxyl groups is 1. The van der Waals surface area contributed by atoms with E-state index in [4.69, 9.17) is 0 Å². The molecular weight excluding hydrogens is 342 g/mol. The first-order valence-corrected chi connectivity index (χ1v) is 8.98. The standard InChI is InChI=1S/C17H13N3O2S2/c21-15(12-9-23-16-4-2-1-3-11(12)16)8-18-17(22)10-5-6-13-14(7-10)20-24-19-13/h1-7,9,15,21H,8H2,(H,18,22)/t15-/m0/s1. The van der Waals surface area contributed by atoms with Gasteiger partial charge in [-0.3, -0.25) is 4.79 Å². The number of thiophene rings is 1. The van der Waals surface area contributed by atoms with Crippen LogP contribution in [0.2, 0.25) is 0 Å². The molecule has 0 radical (unpaired) electrons. The topological polar surface area (TPSA) is 75.1 Å². The minimum Gasteiger partial charge on any atom is -0.387 e. The fourth-order valence-electron chi connectivity index (χ4n) is 2.58. The molecule has 4 aromatic rings. The van der Waals surface area contributed by atoms with Crippen LogP contribution in [-0.4, -0.2) is 26.3 Å². The van der Waals surface area contributed by atoms with Crippen LogP contribution >= 0.6 is 23.1 Å². The van der Waals surface area contributed by atoms with Crippen molar-refractivity contribution >= 4 is 50.1 Å². The molecule has 2 aromatic heterocycles. The van der Waals surface area contributed by atoms with Gasteiger partial charge < -0.3 is 10.4 Å². The summed E-state index contributed by atoms with van der Waals surface area (Å²) in [7, 11) is 0. The first-order valence-electron chi connectivity index (χ1n) is 7.37. The third-order valence-electron chi connectivity index (χ3n) is 3.84. The Morgan fingerprint density at radius 1 is 1.17 bits per heavy atom. The lowest BCUT2D eigenvalue weighted by Crippen LogP contribution is -2.28. The van der Waals surface area contributed by atoms with Crippen molar-refractivity contribution in [3.63, 3.8) is 0 Å². The minimum absolute atomic E-state index is 0.160. The number of aliphatic hydroxyl groups excluding tert-OH is 1. The molecule has 0 spiro atoms. The molecular formula is C17H13N3O2S2. The number of carbonyl (C=O) groups excluding carboxylic acids is 1. The molecule has 120 valence electrons. The number of benzene rings is 2. The predicted octanol–water partition coefficient (Wildman–Crippen LogP) is 3.37. The van der Waals surface area contributed by atoms with E-state index in [1.54, 1.807) is 29.5 Å². The fourth-order valence-corrected chi connectivity index (χ4v) is 4.11. The Morgan fingerprint density at radius 3 is 2.92 bits per heavy atom. The Morgan fingerprint density at radius 2 is 2.00 bits per heavy atom. The van der Waals surface area contributed by atoms with Gasteiger partial charge in [0.05, 0.1) is 17.8 Å². The highest BCUT2D eigenvalue weighted by Gasteiger charge is 2.15. The summed E-state index contributed by atoms with van der Waals surface area (Å²) in [5.41, 5.74) is 2.84. The molecule has 24 heavy (non-hydrogen) atoms. The first-order chi connectivity index (χ1) is 11.7. The minimum atomic E-state index is -0.741. The molecule has 0 saturated carbocycles. The fraction of sp³-hybridized carbons (Fsp3) is 0.118. The van der Waals surface area contributed by atoms with Crippen LogP contribution < -0.4 is 5.32 Å². The van der Waals surface area contributed by atoms with E-state index in [0.717, 1.165) is 32.9 Å². The molecule has 0 saturated heterocycles. The predicted molar refractivity (Wildman–Crippen MR) is 96.5 cm³/mol. The molecule has 7 heteroatoms. The Labute approximate surface area is 145 Å². The van der Waals surface area contributed by atoms with E-state index in [1.165, 1.54) is 0 Å². The lowest BCUT2D eigenvalue weighted by atomic mass is 10.1. The molecule has 0 bridgehead atoms. The zero-order valence-electron chi connectivity index (χ0n) is 12.5. The van der Waals surface area contributed by atoms with Gasteiger partial charge in [-0.25, -0.2) is 0 Å². The maximum Gasteiger partial charge on any atom is 0.251 e. The van der Waals surface area contributed by atoms with Gasteiger partial charge in [0.25, 0.3) is 5.91 Å². The second kappa shape index (κ2) is 6.27. The summed E-state index contributed by atoms with van der Waals surface area (Å²) in [5, 5.41) is 16.2. The second-order valence-electron chi connectivity index (χ2n) is 5.38. The van der Waals surface area contributed by atoms with Crippen molar-refractivity contribution in [3.05, 3.63) is 59.0 Å². The summed E-state index contributed by atoms with van der Waals surface area (Å²) in [6.45, 7) is 0.160. The van der Waals surface area contributed by atoms with Crippen LogP contribution in [0.5, 0.6) is 0 Å². The SMILES string of the molecule is O=C(NC[C@H](O)c1csc2ccccc12)c1ccc2nsnc2c1. The van der Waals surface area contributed by atoms with Crippen molar-refractivity contribution in [2.45, 2.75) is 6.10 Å². The number of fused-ring (bicyclic) bond motifs is 2. The number of nitrogens with one attached hydrogen (secondary N) is 1. The average molecular weight is 355 g/mol. The molecule has 5 nitrogen and oxygen atoms in total. The zero-order valence-corrected chi connectivity index (χ0v) is 14.1. The summed E-state index contributed by atoms with van der Waals surface area (Å²) in [6, 6.07) is 13.1. The molecule has 2 heterocycles. The van der Waals surface area contributed by atoms with Crippen LogP contribution in [0, 0.1) is 0 Å². The molecule has 0 fully saturated rings. The van der Waals surface area contributed by atoms with Crippen LogP contribution in [0.15, 0.2) is 47.8 Å². The van der Waals surface area contributed by atoms with E-state index in [1.807, 2.05) is 29.6 Å². The van der Waals surface area contributed by atoms with Gasteiger partial charge in [-0.15, -0.1) is 11.3 Å². The Balaban J connectivity index is 1.48. The Hall–Kier alpha value is -2.35. The number of nitrogens with zero attached hydrogens (tertiary/aromatic N) is 2. The van der Waals surface area contributed by atoms with Crippen LogP contribution in [0.4, 0.5) is 0 Å².